The van der Waals surface area contributed by atoms with Gasteiger partial charge in [-0.1, -0.05) is 12.1 Å². The van der Waals surface area contributed by atoms with Crippen LogP contribution in [-0.4, -0.2) is 42.4 Å². The lowest BCUT2D eigenvalue weighted by molar-refractivity contribution is 0.354. The largest absolute Gasteiger partial charge is 0.493 e. The van der Waals surface area contributed by atoms with Crippen molar-refractivity contribution in [3.8, 4) is 11.5 Å². The van der Waals surface area contributed by atoms with Crippen molar-refractivity contribution in [3.63, 3.8) is 0 Å². The highest BCUT2D eigenvalue weighted by molar-refractivity contribution is 7.91. The van der Waals surface area contributed by atoms with E-state index in [2.05, 4.69) is 15.3 Å². The van der Waals surface area contributed by atoms with Gasteiger partial charge in [0.25, 0.3) is 5.56 Å². The summed E-state index contributed by atoms with van der Waals surface area (Å²) in [5.41, 5.74) is -0.127. The number of ether oxygens (including phenoxy) is 2. The molecule has 2 aromatic heterocycles. The zero-order valence-electron chi connectivity index (χ0n) is 14.3. The Morgan fingerprint density at radius 1 is 1.04 bits per heavy atom. The zero-order chi connectivity index (χ0) is 19.2. The highest BCUT2D eigenvalue weighted by Gasteiger charge is 2.27. The fourth-order valence-electron chi connectivity index (χ4n) is 2.84. The van der Waals surface area contributed by atoms with Crippen LogP contribution >= 0.6 is 0 Å². The average molecular weight is 386 g/mol. The van der Waals surface area contributed by atoms with Crippen LogP contribution in [0.25, 0.3) is 16.6 Å². The molecule has 0 bridgehead atoms. The molecule has 2 heterocycles. The quantitative estimate of drug-likeness (QED) is 0.564. The molecular formula is C17H14N4O5S. The van der Waals surface area contributed by atoms with Gasteiger partial charge in [-0.15, -0.1) is 5.10 Å². The van der Waals surface area contributed by atoms with Gasteiger partial charge < -0.3 is 9.47 Å². The summed E-state index contributed by atoms with van der Waals surface area (Å²) in [5, 5.41) is 6.53. The second-order valence-electron chi connectivity index (χ2n) is 5.63. The van der Waals surface area contributed by atoms with Crippen molar-refractivity contribution in [3.05, 3.63) is 52.8 Å². The Bertz CT molecular complexity index is 1340. The van der Waals surface area contributed by atoms with E-state index in [0.29, 0.717) is 16.7 Å². The van der Waals surface area contributed by atoms with Gasteiger partial charge in [-0.3, -0.25) is 4.79 Å². The number of fused-ring (bicyclic) bond motifs is 3. The molecule has 0 radical (unpaired) electrons. The summed E-state index contributed by atoms with van der Waals surface area (Å²) in [4.78, 5) is 16.1. The number of nitrogens with one attached hydrogen (secondary N) is 1. The monoisotopic (exact) mass is 386 g/mol. The minimum Gasteiger partial charge on any atom is -0.493 e. The molecule has 4 aromatic rings. The second kappa shape index (κ2) is 6.09. The number of aromatic nitrogens is 4. The van der Waals surface area contributed by atoms with E-state index in [4.69, 9.17) is 9.47 Å². The van der Waals surface area contributed by atoms with Crippen molar-refractivity contribution in [2.75, 3.05) is 14.2 Å². The summed E-state index contributed by atoms with van der Waals surface area (Å²) in [7, 11) is -1.20. The van der Waals surface area contributed by atoms with Crippen molar-refractivity contribution >= 4 is 26.4 Å². The number of hydrogen-bond acceptors (Lipinski definition) is 7. The van der Waals surface area contributed by atoms with Gasteiger partial charge in [-0.25, -0.2) is 18.1 Å². The van der Waals surface area contributed by atoms with E-state index in [9.17, 15) is 13.2 Å². The molecule has 0 fully saturated rings. The number of methoxy groups -OCH3 is 2. The number of aromatic amines is 1. The highest BCUT2D eigenvalue weighted by Crippen LogP contribution is 2.32. The molecule has 0 aliphatic heterocycles. The molecule has 138 valence electrons. The standard InChI is InChI=1S/C17H14N4O5S/c1-25-13-8-7-10(9-14(13)26-2)27(23,24)17-15-18-16(22)11-5-3-4-6-12(11)21(15)20-19-17/h3-9,20H,1-2H3. The fraction of sp³-hybridized carbons (Fsp3) is 0.118. The molecule has 0 atom stereocenters. The Balaban J connectivity index is 1.98. The van der Waals surface area contributed by atoms with E-state index >= 15 is 0 Å². The maximum Gasteiger partial charge on any atom is 0.281 e. The summed E-state index contributed by atoms with van der Waals surface area (Å²) in [6.07, 6.45) is 0. The first-order chi connectivity index (χ1) is 13.0. The fourth-order valence-corrected chi connectivity index (χ4v) is 4.11. The molecule has 10 heteroatoms. The molecule has 27 heavy (non-hydrogen) atoms. The van der Waals surface area contributed by atoms with Gasteiger partial charge in [-0.05, 0) is 24.3 Å². The van der Waals surface area contributed by atoms with Crippen LogP contribution < -0.4 is 15.0 Å². The maximum absolute atomic E-state index is 13.1. The topological polar surface area (TPSA) is 116 Å². The molecular weight excluding hydrogens is 372 g/mol. The molecule has 1 N–H and O–H groups in total. The minimum atomic E-state index is -4.07. The number of nitrogens with zero attached hydrogens (tertiary/aromatic N) is 3. The Hall–Kier alpha value is -3.40. The molecule has 0 aliphatic carbocycles. The highest BCUT2D eigenvalue weighted by atomic mass is 32.2. The summed E-state index contributed by atoms with van der Waals surface area (Å²) < 4.78 is 37.8. The Morgan fingerprint density at radius 3 is 2.52 bits per heavy atom. The Kier molecular flexibility index (Phi) is 3.84. The molecule has 0 saturated heterocycles. The first-order valence-electron chi connectivity index (χ1n) is 7.80. The smallest absolute Gasteiger partial charge is 0.281 e. The summed E-state index contributed by atoms with van der Waals surface area (Å²) in [6.45, 7) is 0. The first kappa shape index (κ1) is 17.0. The van der Waals surface area contributed by atoms with E-state index in [0.717, 1.165) is 0 Å². The van der Waals surface area contributed by atoms with E-state index in [1.54, 1.807) is 24.3 Å². The summed E-state index contributed by atoms with van der Waals surface area (Å²) in [6, 6.07) is 10.9. The molecule has 0 spiro atoms. The van der Waals surface area contributed by atoms with E-state index in [1.807, 2.05) is 0 Å². The average Bonchev–Trinajstić information content (AvgIpc) is 3.12. The van der Waals surface area contributed by atoms with Crippen molar-refractivity contribution in [1.82, 2.24) is 19.8 Å². The van der Waals surface area contributed by atoms with Crippen LogP contribution in [0.3, 0.4) is 0 Å². The number of H-pyrrole nitrogens is 1. The van der Waals surface area contributed by atoms with Crippen LogP contribution in [0.5, 0.6) is 11.5 Å². The number of sulfone groups is 1. The Morgan fingerprint density at radius 2 is 1.78 bits per heavy atom. The van der Waals surface area contributed by atoms with Gasteiger partial charge >= 0.3 is 0 Å². The van der Waals surface area contributed by atoms with Crippen LogP contribution in [0.15, 0.2) is 57.2 Å². The number of hydrogen-bond donors (Lipinski definition) is 1. The third-order valence-corrected chi connectivity index (χ3v) is 5.81. The maximum atomic E-state index is 13.1. The van der Waals surface area contributed by atoms with Crippen LogP contribution in [0.2, 0.25) is 0 Å². The van der Waals surface area contributed by atoms with Crippen molar-refractivity contribution < 1.29 is 17.9 Å². The van der Waals surface area contributed by atoms with E-state index < -0.39 is 15.4 Å². The van der Waals surface area contributed by atoms with Crippen LogP contribution in [0.4, 0.5) is 0 Å². The summed E-state index contributed by atoms with van der Waals surface area (Å²) in [5.74, 6) is 0.651. The molecule has 0 saturated carbocycles. The zero-order valence-corrected chi connectivity index (χ0v) is 15.1. The van der Waals surface area contributed by atoms with Crippen LogP contribution in [0.1, 0.15) is 0 Å². The number of rotatable bonds is 4. The first-order valence-corrected chi connectivity index (χ1v) is 9.28. The molecule has 9 nitrogen and oxygen atoms in total. The second-order valence-corrected chi connectivity index (χ2v) is 7.50. The van der Waals surface area contributed by atoms with Gasteiger partial charge in [-0.2, -0.15) is 4.98 Å². The van der Waals surface area contributed by atoms with Gasteiger partial charge in [0.1, 0.15) is 0 Å². The lowest BCUT2D eigenvalue weighted by Crippen LogP contribution is -2.12. The molecule has 4 rings (SSSR count). The van der Waals surface area contributed by atoms with Gasteiger partial charge in [0.15, 0.2) is 17.1 Å². The number of para-hydroxylation sites is 1. The van der Waals surface area contributed by atoms with E-state index in [-0.39, 0.29) is 21.3 Å². The molecule has 0 amide bonds. The summed E-state index contributed by atoms with van der Waals surface area (Å²) >= 11 is 0. The minimum absolute atomic E-state index is 0.0587. The SMILES string of the molecule is COc1ccc(S(=O)(=O)c2n[nH]n3c2nc(=O)c2ccccc23)cc1OC. The van der Waals surface area contributed by atoms with Gasteiger partial charge in [0, 0.05) is 6.07 Å². The molecule has 0 unspecified atom stereocenters. The van der Waals surface area contributed by atoms with Gasteiger partial charge in [0.2, 0.25) is 14.9 Å². The lowest BCUT2D eigenvalue weighted by atomic mass is 10.2. The Labute approximate surface area is 153 Å². The van der Waals surface area contributed by atoms with Crippen molar-refractivity contribution in [1.29, 1.82) is 0 Å². The van der Waals surface area contributed by atoms with E-state index in [1.165, 1.54) is 36.9 Å². The lowest BCUT2D eigenvalue weighted by Gasteiger charge is -2.09. The van der Waals surface area contributed by atoms with Crippen molar-refractivity contribution in [2.45, 2.75) is 9.92 Å². The van der Waals surface area contributed by atoms with Crippen molar-refractivity contribution in [2.24, 2.45) is 0 Å². The van der Waals surface area contributed by atoms with Crippen LogP contribution in [-0.2, 0) is 9.84 Å². The van der Waals surface area contributed by atoms with Gasteiger partial charge in [0.05, 0.1) is 30.0 Å². The normalized spacial score (nSPS) is 11.8. The number of benzene rings is 2. The molecule has 0 aliphatic rings. The predicted octanol–water partition coefficient (Wildman–Crippen LogP) is 1.42. The third kappa shape index (κ3) is 2.53. The third-order valence-electron chi connectivity index (χ3n) is 4.16. The van der Waals surface area contributed by atoms with Crippen LogP contribution in [0, 0.1) is 0 Å². The molecule has 2 aromatic carbocycles. The predicted molar refractivity (Wildman–Crippen MR) is 96.1 cm³/mol.